The van der Waals surface area contributed by atoms with Gasteiger partial charge in [-0.1, -0.05) is 170 Å². The molecule has 4 aromatic heterocycles. The number of aromatic nitrogens is 5. The molecule has 0 bridgehead atoms. The van der Waals surface area contributed by atoms with E-state index in [0.29, 0.717) is 23.3 Å². The quantitative estimate of drug-likeness (QED) is 0.160. The van der Waals surface area contributed by atoms with Crippen molar-refractivity contribution in [3.8, 4) is 79.1 Å². The maximum absolute atomic E-state index is 6.50. The first kappa shape index (κ1) is 35.8. The summed E-state index contributed by atoms with van der Waals surface area (Å²) in [5, 5.41) is 3.08. The maximum Gasteiger partial charge on any atom is 0.164 e. The number of benzene rings is 8. The zero-order valence-corrected chi connectivity index (χ0v) is 33.9. The molecule has 0 unspecified atom stereocenters. The van der Waals surface area contributed by atoms with Crippen LogP contribution in [0.5, 0.6) is 0 Å². The fourth-order valence-corrected chi connectivity index (χ4v) is 9.48. The Morgan fingerprint density at radius 2 is 0.887 bits per heavy atom. The van der Waals surface area contributed by atoms with Gasteiger partial charge in [-0.2, -0.15) is 0 Å². The van der Waals surface area contributed by atoms with Crippen LogP contribution < -0.4 is 0 Å². The van der Waals surface area contributed by atoms with Crippen LogP contribution >= 0.6 is 11.3 Å². The Labute approximate surface area is 360 Å². The van der Waals surface area contributed by atoms with Crippen molar-refractivity contribution >= 4 is 53.6 Å². The van der Waals surface area contributed by atoms with Crippen molar-refractivity contribution in [1.29, 1.82) is 0 Å². The molecule has 0 aliphatic carbocycles. The van der Waals surface area contributed by atoms with Gasteiger partial charge < -0.3 is 4.42 Å². The van der Waals surface area contributed by atoms with E-state index < -0.39 is 0 Å². The van der Waals surface area contributed by atoms with Gasteiger partial charge in [-0.3, -0.25) is 0 Å². The summed E-state index contributed by atoms with van der Waals surface area (Å²) >= 11 is 1.74. The smallest absolute Gasteiger partial charge is 0.164 e. The number of furan rings is 1. The summed E-state index contributed by atoms with van der Waals surface area (Å²) in [5.41, 5.74) is 12.6. The van der Waals surface area contributed by atoms with Gasteiger partial charge >= 0.3 is 0 Å². The molecule has 62 heavy (non-hydrogen) atoms. The van der Waals surface area contributed by atoms with E-state index in [1.807, 2.05) is 54.6 Å². The number of thiophene rings is 1. The Hall–Kier alpha value is -8.13. The van der Waals surface area contributed by atoms with Crippen LogP contribution in [0.3, 0.4) is 0 Å². The van der Waals surface area contributed by atoms with Crippen molar-refractivity contribution in [3.05, 3.63) is 200 Å². The molecular weight excluding hydrogens is 779 g/mol. The van der Waals surface area contributed by atoms with Gasteiger partial charge in [0.05, 0.1) is 15.9 Å². The standard InChI is InChI=1S/C55H33N5OS/c1-4-14-34(15-5-1)39-20-12-21-41(32-39)54-58-53(37-18-8-3-9-19-37)59-55(60-54)43-23-13-24-46-48(43)44-33-40(30-31-45(44)61-46)35-26-28-38(29-27-35)52-56-49(36-16-6-2-7-17-36)51-50(57-52)42-22-10-11-25-47(42)62-51/h1-33H. The third-order valence-electron chi connectivity index (χ3n) is 11.4. The number of fused-ring (bicyclic) bond motifs is 6. The highest BCUT2D eigenvalue weighted by molar-refractivity contribution is 7.26. The van der Waals surface area contributed by atoms with Gasteiger partial charge in [0.15, 0.2) is 23.3 Å². The van der Waals surface area contributed by atoms with Crippen molar-refractivity contribution in [2.45, 2.75) is 0 Å². The lowest BCUT2D eigenvalue weighted by atomic mass is 9.99. The first-order valence-corrected chi connectivity index (χ1v) is 21.3. The highest BCUT2D eigenvalue weighted by Crippen LogP contribution is 2.41. The summed E-state index contributed by atoms with van der Waals surface area (Å²) < 4.78 is 8.80. The normalized spacial score (nSPS) is 11.5. The predicted octanol–water partition coefficient (Wildman–Crippen LogP) is 14.6. The van der Waals surface area contributed by atoms with Crippen LogP contribution in [0.15, 0.2) is 205 Å². The van der Waals surface area contributed by atoms with E-state index in [9.17, 15) is 0 Å². The third kappa shape index (κ3) is 6.31. The van der Waals surface area contributed by atoms with E-state index >= 15 is 0 Å². The topological polar surface area (TPSA) is 77.6 Å². The first-order chi connectivity index (χ1) is 30.7. The van der Waals surface area contributed by atoms with Gasteiger partial charge in [0.25, 0.3) is 0 Å². The predicted molar refractivity (Wildman–Crippen MR) is 254 cm³/mol. The van der Waals surface area contributed by atoms with E-state index in [1.165, 1.54) is 4.70 Å². The molecule has 0 radical (unpaired) electrons. The van der Waals surface area contributed by atoms with Crippen molar-refractivity contribution in [3.63, 3.8) is 0 Å². The van der Waals surface area contributed by atoms with Crippen molar-refractivity contribution in [1.82, 2.24) is 24.9 Å². The summed E-state index contributed by atoms with van der Waals surface area (Å²) in [6.45, 7) is 0. The number of rotatable bonds is 7. The van der Waals surface area contributed by atoms with Gasteiger partial charge in [-0.15, -0.1) is 11.3 Å². The van der Waals surface area contributed by atoms with Crippen LogP contribution in [0.2, 0.25) is 0 Å². The first-order valence-electron chi connectivity index (χ1n) is 20.5. The molecule has 0 amide bonds. The van der Waals surface area contributed by atoms with Crippen molar-refractivity contribution < 1.29 is 4.42 Å². The summed E-state index contributed by atoms with van der Waals surface area (Å²) in [6, 6.07) is 68.7. The molecule has 0 saturated heterocycles. The molecule has 12 aromatic rings. The average Bonchev–Trinajstić information content (AvgIpc) is 3.93. The van der Waals surface area contributed by atoms with E-state index in [-0.39, 0.29) is 0 Å². The van der Waals surface area contributed by atoms with Crippen LogP contribution in [0.1, 0.15) is 0 Å². The summed E-state index contributed by atoms with van der Waals surface area (Å²) in [4.78, 5) is 25.7. The Morgan fingerprint density at radius 1 is 0.339 bits per heavy atom. The zero-order chi connectivity index (χ0) is 41.0. The van der Waals surface area contributed by atoms with E-state index in [4.69, 9.17) is 29.3 Å². The van der Waals surface area contributed by atoms with Crippen LogP contribution in [0.4, 0.5) is 0 Å². The van der Waals surface area contributed by atoms with E-state index in [2.05, 4.69) is 146 Å². The molecule has 0 N–H and O–H groups in total. The summed E-state index contributed by atoms with van der Waals surface area (Å²) in [5.74, 6) is 2.48. The second-order valence-electron chi connectivity index (χ2n) is 15.2. The molecule has 0 aliphatic heterocycles. The molecule has 0 spiro atoms. The number of hydrogen-bond donors (Lipinski definition) is 0. The second-order valence-corrected chi connectivity index (χ2v) is 16.3. The second kappa shape index (κ2) is 14.9. The third-order valence-corrected chi connectivity index (χ3v) is 12.5. The lowest BCUT2D eigenvalue weighted by Gasteiger charge is -2.10. The maximum atomic E-state index is 6.50. The molecule has 6 nitrogen and oxygen atoms in total. The Balaban J connectivity index is 0.961. The van der Waals surface area contributed by atoms with Crippen LogP contribution in [-0.4, -0.2) is 24.9 Å². The lowest BCUT2D eigenvalue weighted by Crippen LogP contribution is -2.00. The van der Waals surface area contributed by atoms with Crippen molar-refractivity contribution in [2.24, 2.45) is 0 Å². The largest absolute Gasteiger partial charge is 0.456 e. The lowest BCUT2D eigenvalue weighted by molar-refractivity contribution is 0.669. The summed E-state index contributed by atoms with van der Waals surface area (Å²) in [6.07, 6.45) is 0. The minimum absolute atomic E-state index is 0.576. The molecule has 0 aliphatic rings. The highest BCUT2D eigenvalue weighted by Gasteiger charge is 2.20. The Bertz CT molecular complexity index is 3620. The minimum atomic E-state index is 0.576. The van der Waals surface area contributed by atoms with Gasteiger partial charge in [0.1, 0.15) is 11.2 Å². The van der Waals surface area contributed by atoms with Crippen LogP contribution in [-0.2, 0) is 0 Å². The fourth-order valence-electron chi connectivity index (χ4n) is 8.33. The molecule has 4 heterocycles. The van der Waals surface area contributed by atoms with Gasteiger partial charge in [0.2, 0.25) is 0 Å². The molecule has 0 atom stereocenters. The molecule has 0 saturated carbocycles. The van der Waals surface area contributed by atoms with Crippen molar-refractivity contribution in [2.75, 3.05) is 0 Å². The van der Waals surface area contributed by atoms with E-state index in [1.54, 1.807) is 11.3 Å². The van der Waals surface area contributed by atoms with Crippen LogP contribution in [0, 0.1) is 0 Å². The molecule has 12 rings (SSSR count). The average molecular weight is 812 g/mol. The monoisotopic (exact) mass is 811 g/mol. The zero-order valence-electron chi connectivity index (χ0n) is 33.1. The van der Waals surface area contributed by atoms with Gasteiger partial charge in [0, 0.05) is 48.7 Å². The van der Waals surface area contributed by atoms with Gasteiger partial charge in [-0.25, -0.2) is 24.9 Å². The van der Waals surface area contributed by atoms with Crippen LogP contribution in [0.25, 0.3) is 121 Å². The highest BCUT2D eigenvalue weighted by atomic mass is 32.1. The van der Waals surface area contributed by atoms with Gasteiger partial charge in [-0.05, 0) is 52.6 Å². The SMILES string of the molecule is c1ccc(-c2cccc(-c3nc(-c4ccccc4)nc(-c4cccc5oc6ccc(-c7ccc(-c8nc(-c9ccccc9)c9sc%10ccccc%10c9n8)cc7)cc6c45)n3)c2)cc1. The minimum Gasteiger partial charge on any atom is -0.456 e. The molecule has 7 heteroatoms. The molecular formula is C55H33N5OS. The molecule has 0 fully saturated rings. The van der Waals surface area contributed by atoms with E-state index in [0.717, 1.165) is 93.3 Å². The molecule has 290 valence electrons. The molecule has 8 aromatic carbocycles. The number of hydrogen-bond acceptors (Lipinski definition) is 7. The summed E-state index contributed by atoms with van der Waals surface area (Å²) in [7, 11) is 0. The fraction of sp³-hybridized carbons (Fsp3) is 0. The Kier molecular flexibility index (Phi) is 8.57. The Morgan fingerprint density at radius 3 is 1.68 bits per heavy atom. The number of nitrogens with zero attached hydrogens (tertiary/aromatic N) is 5.